The summed E-state index contributed by atoms with van der Waals surface area (Å²) in [5, 5.41) is 14.8. The van der Waals surface area contributed by atoms with Crippen LogP contribution in [0.5, 0.6) is 0 Å². The minimum absolute atomic E-state index is 0.128. The van der Waals surface area contributed by atoms with Crippen LogP contribution in [-0.2, 0) is 6.42 Å². The van der Waals surface area contributed by atoms with Gasteiger partial charge in [0.05, 0.1) is 24.0 Å². The molecule has 1 atom stereocenters. The number of aliphatic hydroxyl groups excluding tert-OH is 1. The van der Waals surface area contributed by atoms with Crippen molar-refractivity contribution < 1.29 is 9.50 Å². The lowest BCUT2D eigenvalue weighted by Crippen LogP contribution is -2.03. The van der Waals surface area contributed by atoms with Crippen LogP contribution in [0.3, 0.4) is 0 Å². The molecule has 1 N–H and O–H groups in total. The molecule has 0 radical (unpaired) electrons. The molecule has 6 heteroatoms. The number of halogens is 2. The molecule has 3 aromatic rings. The SMILES string of the molecule is OC(Cc1cc(Cl)ccc1F)c1cnn2ccncc12. The molecule has 102 valence electrons. The summed E-state index contributed by atoms with van der Waals surface area (Å²) in [6.07, 6.45) is 5.72. The van der Waals surface area contributed by atoms with Crippen LogP contribution < -0.4 is 0 Å². The van der Waals surface area contributed by atoms with Crippen LogP contribution in [0.15, 0.2) is 43.0 Å². The van der Waals surface area contributed by atoms with E-state index in [1.165, 1.54) is 18.2 Å². The Morgan fingerprint density at radius 2 is 2.20 bits per heavy atom. The normalized spacial score (nSPS) is 12.8. The highest BCUT2D eigenvalue weighted by Gasteiger charge is 2.16. The average Bonchev–Trinajstić information content (AvgIpc) is 2.87. The molecule has 2 heterocycles. The van der Waals surface area contributed by atoms with Gasteiger partial charge in [-0.15, -0.1) is 0 Å². The summed E-state index contributed by atoms with van der Waals surface area (Å²) in [6.45, 7) is 0. The minimum Gasteiger partial charge on any atom is -0.388 e. The molecule has 0 spiro atoms. The van der Waals surface area contributed by atoms with Crippen molar-refractivity contribution in [3.05, 3.63) is 65.0 Å². The Balaban J connectivity index is 1.93. The van der Waals surface area contributed by atoms with Crippen molar-refractivity contribution in [3.8, 4) is 0 Å². The van der Waals surface area contributed by atoms with Gasteiger partial charge in [-0.05, 0) is 23.8 Å². The highest BCUT2D eigenvalue weighted by atomic mass is 35.5. The fourth-order valence-electron chi connectivity index (χ4n) is 2.13. The maximum atomic E-state index is 13.7. The average molecular weight is 292 g/mol. The van der Waals surface area contributed by atoms with E-state index in [9.17, 15) is 9.50 Å². The number of hydrogen-bond donors (Lipinski definition) is 1. The Labute approximate surface area is 119 Å². The van der Waals surface area contributed by atoms with Crippen LogP contribution in [0.25, 0.3) is 5.52 Å². The van der Waals surface area contributed by atoms with Crippen molar-refractivity contribution >= 4 is 17.1 Å². The molecule has 20 heavy (non-hydrogen) atoms. The molecule has 3 rings (SSSR count). The van der Waals surface area contributed by atoms with Crippen LogP contribution in [0, 0.1) is 5.82 Å². The highest BCUT2D eigenvalue weighted by molar-refractivity contribution is 6.30. The third-order valence-corrected chi connectivity index (χ3v) is 3.37. The fraction of sp³-hybridized carbons (Fsp3) is 0.143. The zero-order valence-electron chi connectivity index (χ0n) is 10.4. The van der Waals surface area contributed by atoms with E-state index in [1.54, 1.807) is 29.3 Å². The van der Waals surface area contributed by atoms with Gasteiger partial charge in [0.1, 0.15) is 5.82 Å². The Hall–Kier alpha value is -1.98. The molecular weight excluding hydrogens is 281 g/mol. The molecule has 1 aromatic carbocycles. The summed E-state index contributed by atoms with van der Waals surface area (Å²) in [5.41, 5.74) is 1.67. The Morgan fingerprint density at radius 1 is 1.35 bits per heavy atom. The second-order valence-electron chi connectivity index (χ2n) is 4.46. The largest absolute Gasteiger partial charge is 0.388 e. The Kier molecular flexibility index (Phi) is 3.38. The number of aliphatic hydroxyl groups is 1. The lowest BCUT2D eigenvalue weighted by Gasteiger charge is -2.10. The van der Waals surface area contributed by atoms with Gasteiger partial charge in [0.2, 0.25) is 0 Å². The van der Waals surface area contributed by atoms with E-state index in [4.69, 9.17) is 11.6 Å². The molecule has 0 bridgehead atoms. The van der Waals surface area contributed by atoms with Crippen molar-refractivity contribution in [2.45, 2.75) is 12.5 Å². The topological polar surface area (TPSA) is 50.4 Å². The zero-order chi connectivity index (χ0) is 14.1. The van der Waals surface area contributed by atoms with E-state index < -0.39 is 6.10 Å². The molecule has 0 amide bonds. The number of benzene rings is 1. The van der Waals surface area contributed by atoms with Gasteiger partial charge < -0.3 is 5.11 Å². The summed E-state index contributed by atoms with van der Waals surface area (Å²) in [5.74, 6) is -0.386. The van der Waals surface area contributed by atoms with Gasteiger partial charge in [-0.25, -0.2) is 8.91 Å². The van der Waals surface area contributed by atoms with Gasteiger partial charge >= 0.3 is 0 Å². The maximum absolute atomic E-state index is 13.7. The van der Waals surface area contributed by atoms with Crippen molar-refractivity contribution in [1.29, 1.82) is 0 Å². The van der Waals surface area contributed by atoms with Gasteiger partial charge in [-0.2, -0.15) is 5.10 Å². The summed E-state index contributed by atoms with van der Waals surface area (Å²) < 4.78 is 15.3. The number of fused-ring (bicyclic) bond motifs is 1. The van der Waals surface area contributed by atoms with Crippen LogP contribution in [-0.4, -0.2) is 19.7 Å². The van der Waals surface area contributed by atoms with Gasteiger partial charge in [0, 0.05) is 29.4 Å². The van der Waals surface area contributed by atoms with Crippen molar-refractivity contribution in [1.82, 2.24) is 14.6 Å². The Morgan fingerprint density at radius 3 is 3.05 bits per heavy atom. The van der Waals surface area contributed by atoms with Crippen LogP contribution in [0.1, 0.15) is 17.2 Å². The smallest absolute Gasteiger partial charge is 0.126 e. The van der Waals surface area contributed by atoms with E-state index >= 15 is 0 Å². The molecule has 0 saturated carbocycles. The first kappa shape index (κ1) is 13.0. The van der Waals surface area contributed by atoms with Crippen LogP contribution in [0.4, 0.5) is 4.39 Å². The molecular formula is C14H11ClFN3O. The second kappa shape index (κ2) is 5.19. The predicted molar refractivity (Wildman–Crippen MR) is 73.1 cm³/mol. The number of aromatic nitrogens is 3. The first-order valence-corrected chi connectivity index (χ1v) is 6.42. The third-order valence-electron chi connectivity index (χ3n) is 3.13. The molecule has 0 aliphatic carbocycles. The molecule has 0 saturated heterocycles. The van der Waals surface area contributed by atoms with Gasteiger partial charge in [-0.3, -0.25) is 4.98 Å². The maximum Gasteiger partial charge on any atom is 0.126 e. The van der Waals surface area contributed by atoms with E-state index in [1.807, 2.05) is 0 Å². The number of hydrogen-bond acceptors (Lipinski definition) is 3. The lowest BCUT2D eigenvalue weighted by molar-refractivity contribution is 0.178. The minimum atomic E-state index is -0.871. The first-order chi connectivity index (χ1) is 9.65. The summed E-state index contributed by atoms with van der Waals surface area (Å²) >= 11 is 5.85. The summed E-state index contributed by atoms with van der Waals surface area (Å²) in [7, 11) is 0. The van der Waals surface area contributed by atoms with E-state index in [2.05, 4.69) is 10.1 Å². The van der Waals surface area contributed by atoms with Gasteiger partial charge in [0.15, 0.2) is 0 Å². The van der Waals surface area contributed by atoms with Crippen molar-refractivity contribution in [2.24, 2.45) is 0 Å². The standard InChI is InChI=1S/C14H11ClFN3O/c15-10-1-2-12(16)9(5-10)6-14(20)11-7-18-19-4-3-17-8-13(11)19/h1-5,7-8,14,20H,6H2. The van der Waals surface area contributed by atoms with E-state index in [-0.39, 0.29) is 12.2 Å². The summed E-state index contributed by atoms with van der Waals surface area (Å²) in [6, 6.07) is 4.29. The molecule has 0 fully saturated rings. The second-order valence-corrected chi connectivity index (χ2v) is 4.90. The quantitative estimate of drug-likeness (QED) is 0.807. The van der Waals surface area contributed by atoms with Crippen molar-refractivity contribution in [2.75, 3.05) is 0 Å². The third kappa shape index (κ3) is 2.37. The fourth-order valence-corrected chi connectivity index (χ4v) is 2.32. The predicted octanol–water partition coefficient (Wildman–Crippen LogP) is 2.80. The number of nitrogens with zero attached hydrogens (tertiary/aromatic N) is 3. The zero-order valence-corrected chi connectivity index (χ0v) is 11.1. The highest BCUT2D eigenvalue weighted by Crippen LogP contribution is 2.24. The van der Waals surface area contributed by atoms with Crippen molar-refractivity contribution in [3.63, 3.8) is 0 Å². The van der Waals surface area contributed by atoms with Crippen LogP contribution in [0.2, 0.25) is 5.02 Å². The van der Waals surface area contributed by atoms with Crippen LogP contribution >= 0.6 is 11.6 Å². The monoisotopic (exact) mass is 291 g/mol. The molecule has 1 unspecified atom stereocenters. The van der Waals surface area contributed by atoms with Gasteiger partial charge in [0.25, 0.3) is 0 Å². The first-order valence-electron chi connectivity index (χ1n) is 6.04. The summed E-state index contributed by atoms with van der Waals surface area (Å²) in [4.78, 5) is 4.00. The number of rotatable bonds is 3. The van der Waals surface area contributed by atoms with E-state index in [0.29, 0.717) is 21.7 Å². The molecule has 2 aromatic heterocycles. The molecule has 0 aliphatic rings. The van der Waals surface area contributed by atoms with Gasteiger partial charge in [-0.1, -0.05) is 11.6 Å². The Bertz CT molecular complexity index is 759. The molecule has 0 aliphatic heterocycles. The van der Waals surface area contributed by atoms with E-state index in [0.717, 1.165) is 0 Å². The lowest BCUT2D eigenvalue weighted by atomic mass is 10.0. The molecule has 4 nitrogen and oxygen atoms in total.